The first-order chi connectivity index (χ1) is 10.9. The van der Waals surface area contributed by atoms with Gasteiger partial charge in [0.25, 0.3) is 0 Å². The zero-order valence-electron chi connectivity index (χ0n) is 14.7. The Morgan fingerprint density at radius 1 is 1.09 bits per heavy atom. The van der Waals surface area contributed by atoms with Gasteiger partial charge >= 0.3 is 0 Å². The third-order valence-corrected chi connectivity index (χ3v) is 3.52. The molecule has 0 amide bonds. The minimum absolute atomic E-state index is 0.667. The predicted molar refractivity (Wildman–Crippen MR) is 98.8 cm³/mol. The van der Waals surface area contributed by atoms with Gasteiger partial charge in [-0.15, -0.1) is 0 Å². The highest BCUT2D eigenvalue weighted by molar-refractivity contribution is 5.61. The van der Waals surface area contributed by atoms with E-state index in [2.05, 4.69) is 63.6 Å². The number of aromatic nitrogens is 2. The molecule has 1 aromatic carbocycles. The molecule has 0 aliphatic rings. The Bertz CT molecular complexity index is 620. The van der Waals surface area contributed by atoms with Crippen molar-refractivity contribution in [1.29, 1.82) is 0 Å². The maximum Gasteiger partial charge on any atom is 0.224 e. The summed E-state index contributed by atoms with van der Waals surface area (Å²) < 4.78 is 0. The van der Waals surface area contributed by atoms with Gasteiger partial charge in [-0.25, -0.2) is 4.98 Å². The van der Waals surface area contributed by atoms with E-state index in [1.807, 2.05) is 27.1 Å². The quantitative estimate of drug-likeness (QED) is 0.807. The molecule has 0 saturated carbocycles. The van der Waals surface area contributed by atoms with Crippen molar-refractivity contribution < 1.29 is 0 Å². The van der Waals surface area contributed by atoms with Crippen LogP contribution in [-0.2, 0) is 0 Å². The van der Waals surface area contributed by atoms with Crippen LogP contribution >= 0.6 is 0 Å². The lowest BCUT2D eigenvalue weighted by Crippen LogP contribution is -2.09. The van der Waals surface area contributed by atoms with Gasteiger partial charge in [0.2, 0.25) is 5.95 Å². The molecule has 1 heterocycles. The van der Waals surface area contributed by atoms with Crippen molar-refractivity contribution in [2.75, 3.05) is 36.2 Å². The highest BCUT2D eigenvalue weighted by atomic mass is 15.1. The van der Waals surface area contributed by atoms with Crippen LogP contribution in [0, 0.1) is 12.8 Å². The van der Waals surface area contributed by atoms with Crippen molar-refractivity contribution in [2.45, 2.75) is 27.2 Å². The molecule has 0 atom stereocenters. The van der Waals surface area contributed by atoms with Crippen LogP contribution in [0.5, 0.6) is 0 Å². The molecule has 0 bridgehead atoms. The van der Waals surface area contributed by atoms with Crippen molar-refractivity contribution in [3.63, 3.8) is 0 Å². The lowest BCUT2D eigenvalue weighted by atomic mass is 10.1. The SMILES string of the molecule is Cc1cc(Nc2ccc(N(C)C)cc2)nc(NCCC(C)C)n1. The number of anilines is 4. The van der Waals surface area contributed by atoms with Crippen molar-refractivity contribution >= 4 is 23.1 Å². The Balaban J connectivity index is 2.05. The summed E-state index contributed by atoms with van der Waals surface area (Å²) >= 11 is 0. The van der Waals surface area contributed by atoms with Crippen LogP contribution in [0.1, 0.15) is 26.0 Å². The summed E-state index contributed by atoms with van der Waals surface area (Å²) in [7, 11) is 4.07. The van der Waals surface area contributed by atoms with E-state index in [4.69, 9.17) is 0 Å². The molecule has 0 spiro atoms. The molecule has 5 nitrogen and oxygen atoms in total. The topological polar surface area (TPSA) is 53.1 Å². The summed E-state index contributed by atoms with van der Waals surface area (Å²) in [6.07, 6.45) is 1.10. The zero-order chi connectivity index (χ0) is 16.8. The second kappa shape index (κ2) is 7.81. The number of nitrogens with zero attached hydrogens (tertiary/aromatic N) is 3. The summed E-state index contributed by atoms with van der Waals surface area (Å²) in [6.45, 7) is 7.29. The Hall–Kier alpha value is -2.30. The fourth-order valence-electron chi connectivity index (χ4n) is 2.18. The molecular formula is C18H27N5. The molecular weight excluding hydrogens is 286 g/mol. The molecule has 0 aliphatic heterocycles. The predicted octanol–water partition coefficient (Wildman–Crippen LogP) is 4.05. The second-order valence-corrected chi connectivity index (χ2v) is 6.39. The van der Waals surface area contributed by atoms with Gasteiger partial charge < -0.3 is 15.5 Å². The van der Waals surface area contributed by atoms with Gasteiger partial charge in [-0.2, -0.15) is 4.98 Å². The van der Waals surface area contributed by atoms with E-state index in [9.17, 15) is 0 Å². The molecule has 0 unspecified atom stereocenters. The summed E-state index contributed by atoms with van der Waals surface area (Å²) in [5.41, 5.74) is 3.13. The number of aryl methyl sites for hydroxylation is 1. The van der Waals surface area contributed by atoms with Crippen LogP contribution in [-0.4, -0.2) is 30.6 Å². The minimum atomic E-state index is 0.667. The zero-order valence-corrected chi connectivity index (χ0v) is 14.7. The third-order valence-electron chi connectivity index (χ3n) is 3.52. The molecule has 0 saturated heterocycles. The standard InChI is InChI=1S/C18H27N5/c1-13(2)10-11-19-18-20-14(3)12-17(22-18)21-15-6-8-16(9-7-15)23(4)5/h6-9,12-13H,10-11H2,1-5H3,(H2,19,20,21,22). The molecule has 0 radical (unpaired) electrons. The highest BCUT2D eigenvalue weighted by Crippen LogP contribution is 2.20. The van der Waals surface area contributed by atoms with Crippen LogP contribution in [0.3, 0.4) is 0 Å². The normalized spacial score (nSPS) is 10.7. The largest absolute Gasteiger partial charge is 0.378 e. The van der Waals surface area contributed by atoms with Gasteiger partial charge in [-0.3, -0.25) is 0 Å². The first kappa shape index (κ1) is 17.1. The number of hydrogen-bond acceptors (Lipinski definition) is 5. The van der Waals surface area contributed by atoms with E-state index in [1.165, 1.54) is 5.69 Å². The molecule has 0 aliphatic carbocycles. The van der Waals surface area contributed by atoms with E-state index in [0.29, 0.717) is 11.9 Å². The van der Waals surface area contributed by atoms with E-state index < -0.39 is 0 Å². The Morgan fingerprint density at radius 3 is 2.39 bits per heavy atom. The molecule has 2 aromatic rings. The van der Waals surface area contributed by atoms with Crippen LogP contribution in [0.2, 0.25) is 0 Å². The molecule has 2 N–H and O–H groups in total. The lowest BCUT2D eigenvalue weighted by molar-refractivity contribution is 0.606. The van der Waals surface area contributed by atoms with Crippen molar-refractivity contribution in [3.8, 4) is 0 Å². The summed E-state index contributed by atoms with van der Waals surface area (Å²) in [5.74, 6) is 2.15. The Kier molecular flexibility index (Phi) is 5.79. The smallest absolute Gasteiger partial charge is 0.224 e. The molecule has 23 heavy (non-hydrogen) atoms. The fraction of sp³-hybridized carbons (Fsp3) is 0.444. The van der Waals surface area contributed by atoms with E-state index >= 15 is 0 Å². The maximum absolute atomic E-state index is 4.54. The molecule has 5 heteroatoms. The summed E-state index contributed by atoms with van der Waals surface area (Å²) in [4.78, 5) is 11.1. The number of benzene rings is 1. The number of hydrogen-bond donors (Lipinski definition) is 2. The Morgan fingerprint density at radius 2 is 1.78 bits per heavy atom. The van der Waals surface area contributed by atoms with Crippen LogP contribution in [0.25, 0.3) is 0 Å². The number of rotatable bonds is 7. The van der Waals surface area contributed by atoms with Gasteiger partial charge in [0.15, 0.2) is 0 Å². The summed E-state index contributed by atoms with van der Waals surface area (Å²) in [6, 6.07) is 10.2. The summed E-state index contributed by atoms with van der Waals surface area (Å²) in [5, 5.41) is 6.64. The van der Waals surface area contributed by atoms with Gasteiger partial charge in [-0.05, 0) is 43.5 Å². The van der Waals surface area contributed by atoms with Crippen LogP contribution < -0.4 is 15.5 Å². The van der Waals surface area contributed by atoms with Crippen molar-refractivity contribution in [1.82, 2.24) is 9.97 Å². The average Bonchev–Trinajstić information content (AvgIpc) is 2.46. The van der Waals surface area contributed by atoms with E-state index in [0.717, 1.165) is 30.2 Å². The van der Waals surface area contributed by atoms with Crippen molar-refractivity contribution in [2.24, 2.45) is 5.92 Å². The maximum atomic E-state index is 4.54. The molecule has 1 aromatic heterocycles. The molecule has 0 fully saturated rings. The number of nitrogens with one attached hydrogen (secondary N) is 2. The first-order valence-electron chi connectivity index (χ1n) is 8.08. The molecule has 124 valence electrons. The van der Waals surface area contributed by atoms with Crippen LogP contribution in [0.4, 0.5) is 23.1 Å². The monoisotopic (exact) mass is 313 g/mol. The first-order valence-corrected chi connectivity index (χ1v) is 8.08. The van der Waals surface area contributed by atoms with Crippen molar-refractivity contribution in [3.05, 3.63) is 36.0 Å². The van der Waals surface area contributed by atoms with Gasteiger partial charge in [0.05, 0.1) is 0 Å². The molecule has 2 rings (SSSR count). The van der Waals surface area contributed by atoms with Gasteiger partial charge in [0, 0.05) is 43.8 Å². The van der Waals surface area contributed by atoms with Crippen LogP contribution in [0.15, 0.2) is 30.3 Å². The average molecular weight is 313 g/mol. The third kappa shape index (κ3) is 5.43. The second-order valence-electron chi connectivity index (χ2n) is 6.39. The van der Waals surface area contributed by atoms with E-state index in [1.54, 1.807) is 0 Å². The fourth-order valence-corrected chi connectivity index (χ4v) is 2.18. The highest BCUT2D eigenvalue weighted by Gasteiger charge is 2.04. The Labute approximate surface area is 139 Å². The van der Waals surface area contributed by atoms with Gasteiger partial charge in [0.1, 0.15) is 5.82 Å². The lowest BCUT2D eigenvalue weighted by Gasteiger charge is -2.14. The minimum Gasteiger partial charge on any atom is -0.378 e. The van der Waals surface area contributed by atoms with E-state index in [-0.39, 0.29) is 0 Å². The van der Waals surface area contributed by atoms with Gasteiger partial charge in [-0.1, -0.05) is 13.8 Å².